The summed E-state index contributed by atoms with van der Waals surface area (Å²) >= 11 is 1.42. The standard InChI is InChI=1S/C24H18N2O4S/c1-15(27)16-10-12-17(13-11-16)26(24-25-18-6-2-5-9-22(18)31-24)23(28)21-14-29-19-7-3-4-8-20(19)30-21/h2-13,21H,14H2,1H3/t21-/m1/s1. The number of benzene rings is 3. The summed E-state index contributed by atoms with van der Waals surface area (Å²) in [6, 6.07) is 21.9. The average Bonchev–Trinajstić information content (AvgIpc) is 3.22. The molecule has 5 rings (SSSR count). The Balaban J connectivity index is 1.55. The Morgan fingerprint density at radius 2 is 1.68 bits per heavy atom. The van der Waals surface area contributed by atoms with E-state index in [1.54, 1.807) is 30.3 Å². The Hall–Kier alpha value is -3.71. The van der Waals surface area contributed by atoms with Crippen molar-refractivity contribution in [2.45, 2.75) is 13.0 Å². The zero-order valence-corrected chi connectivity index (χ0v) is 17.5. The second kappa shape index (κ2) is 7.85. The fourth-order valence-electron chi connectivity index (χ4n) is 3.42. The van der Waals surface area contributed by atoms with Gasteiger partial charge in [0.2, 0.25) is 6.10 Å². The molecule has 1 amide bonds. The van der Waals surface area contributed by atoms with E-state index in [1.165, 1.54) is 23.2 Å². The highest BCUT2D eigenvalue weighted by Gasteiger charge is 2.34. The van der Waals surface area contributed by atoms with E-state index in [0.717, 1.165) is 10.2 Å². The Labute approximate surface area is 182 Å². The second-order valence-corrected chi connectivity index (χ2v) is 8.11. The number of nitrogens with zero attached hydrogens (tertiary/aromatic N) is 2. The molecule has 4 aromatic rings. The van der Waals surface area contributed by atoms with E-state index in [4.69, 9.17) is 9.47 Å². The maximum Gasteiger partial charge on any atom is 0.278 e. The molecule has 31 heavy (non-hydrogen) atoms. The van der Waals surface area contributed by atoms with Crippen molar-refractivity contribution in [3.8, 4) is 11.5 Å². The van der Waals surface area contributed by atoms with Gasteiger partial charge in [-0.3, -0.25) is 14.5 Å². The first kappa shape index (κ1) is 19.3. The quantitative estimate of drug-likeness (QED) is 0.426. The van der Waals surface area contributed by atoms with Crippen LogP contribution in [-0.2, 0) is 4.79 Å². The first-order valence-corrected chi connectivity index (χ1v) is 10.6. The summed E-state index contributed by atoms with van der Waals surface area (Å²) in [5.74, 6) is 0.821. The highest BCUT2D eigenvalue weighted by atomic mass is 32.1. The van der Waals surface area contributed by atoms with Gasteiger partial charge in [-0.2, -0.15) is 0 Å². The number of hydrogen-bond acceptors (Lipinski definition) is 6. The zero-order chi connectivity index (χ0) is 21.4. The minimum atomic E-state index is -0.825. The van der Waals surface area contributed by atoms with E-state index in [-0.39, 0.29) is 18.3 Å². The van der Waals surface area contributed by atoms with Gasteiger partial charge in [-0.25, -0.2) is 4.98 Å². The summed E-state index contributed by atoms with van der Waals surface area (Å²) in [7, 11) is 0. The van der Waals surface area contributed by atoms with Crippen LogP contribution in [0.15, 0.2) is 72.8 Å². The van der Waals surface area contributed by atoms with Gasteiger partial charge in [-0.1, -0.05) is 35.6 Å². The lowest BCUT2D eigenvalue weighted by Crippen LogP contribution is -2.44. The topological polar surface area (TPSA) is 68.7 Å². The van der Waals surface area contributed by atoms with E-state index in [2.05, 4.69) is 4.98 Å². The molecule has 1 atom stereocenters. The fraction of sp³-hybridized carbons (Fsp3) is 0.125. The van der Waals surface area contributed by atoms with Crippen molar-refractivity contribution in [1.82, 2.24) is 4.98 Å². The first-order chi connectivity index (χ1) is 15.1. The van der Waals surface area contributed by atoms with Gasteiger partial charge in [0, 0.05) is 5.56 Å². The molecule has 0 fully saturated rings. The van der Waals surface area contributed by atoms with Crippen molar-refractivity contribution in [3.63, 3.8) is 0 Å². The number of amides is 1. The Morgan fingerprint density at radius 1 is 0.968 bits per heavy atom. The van der Waals surface area contributed by atoms with Crippen LogP contribution >= 0.6 is 11.3 Å². The maximum atomic E-state index is 13.6. The largest absolute Gasteiger partial charge is 0.485 e. The number of thiazole rings is 1. The predicted molar refractivity (Wildman–Crippen MR) is 120 cm³/mol. The van der Waals surface area contributed by atoms with Gasteiger partial charge in [-0.05, 0) is 55.5 Å². The highest BCUT2D eigenvalue weighted by Crippen LogP contribution is 2.36. The van der Waals surface area contributed by atoms with Crippen molar-refractivity contribution in [2.75, 3.05) is 11.5 Å². The van der Waals surface area contributed by atoms with E-state index < -0.39 is 6.10 Å². The molecule has 2 heterocycles. The molecule has 0 bridgehead atoms. The van der Waals surface area contributed by atoms with Crippen LogP contribution in [0.1, 0.15) is 17.3 Å². The molecule has 1 aliphatic heterocycles. The number of ether oxygens (including phenoxy) is 2. The molecule has 0 unspecified atom stereocenters. The van der Waals surface area contributed by atoms with E-state index in [1.807, 2.05) is 42.5 Å². The van der Waals surface area contributed by atoms with Crippen molar-refractivity contribution < 1.29 is 19.1 Å². The number of aromatic nitrogens is 1. The van der Waals surface area contributed by atoms with Gasteiger partial charge >= 0.3 is 0 Å². The minimum absolute atomic E-state index is 0.0370. The van der Waals surface area contributed by atoms with E-state index in [9.17, 15) is 9.59 Å². The summed E-state index contributed by atoms with van der Waals surface area (Å²) in [4.78, 5) is 31.5. The van der Waals surface area contributed by atoms with Gasteiger partial charge in [0.05, 0.1) is 15.9 Å². The normalized spacial score (nSPS) is 14.9. The van der Waals surface area contributed by atoms with Crippen LogP contribution in [0.3, 0.4) is 0 Å². The number of hydrogen-bond donors (Lipinski definition) is 0. The Morgan fingerprint density at radius 3 is 2.42 bits per heavy atom. The maximum absolute atomic E-state index is 13.6. The molecule has 0 N–H and O–H groups in total. The summed E-state index contributed by atoms with van der Waals surface area (Å²) in [5, 5.41) is 0.532. The molecule has 0 aliphatic carbocycles. The van der Waals surface area contributed by atoms with E-state index >= 15 is 0 Å². The number of carbonyl (C=O) groups is 2. The number of ketones is 1. The monoisotopic (exact) mass is 430 g/mol. The van der Waals surface area contributed by atoms with Crippen LogP contribution in [0, 0.1) is 0 Å². The van der Waals surface area contributed by atoms with Crippen LogP contribution in [0.5, 0.6) is 11.5 Å². The smallest absolute Gasteiger partial charge is 0.278 e. The molecule has 0 saturated heterocycles. The van der Waals surface area contributed by atoms with Crippen LogP contribution in [0.25, 0.3) is 10.2 Å². The molecule has 7 heteroatoms. The van der Waals surface area contributed by atoms with Crippen molar-refractivity contribution in [2.24, 2.45) is 0 Å². The SMILES string of the molecule is CC(=O)c1ccc(N(C(=O)[C@H]2COc3ccccc3O2)c2nc3ccccc3s2)cc1. The summed E-state index contributed by atoms with van der Waals surface area (Å²) < 4.78 is 12.7. The van der Waals surface area contributed by atoms with Gasteiger partial charge in [0.25, 0.3) is 5.91 Å². The summed E-state index contributed by atoms with van der Waals surface area (Å²) in [6.45, 7) is 1.61. The van der Waals surface area contributed by atoms with Crippen molar-refractivity contribution in [3.05, 3.63) is 78.4 Å². The zero-order valence-electron chi connectivity index (χ0n) is 16.6. The minimum Gasteiger partial charge on any atom is -0.485 e. The summed E-state index contributed by atoms with van der Waals surface area (Å²) in [5.41, 5.74) is 2.00. The number of fused-ring (bicyclic) bond motifs is 2. The van der Waals surface area contributed by atoms with Gasteiger partial charge < -0.3 is 9.47 Å². The average molecular weight is 430 g/mol. The first-order valence-electron chi connectivity index (χ1n) is 9.79. The Bertz CT molecular complexity index is 1250. The molecule has 3 aromatic carbocycles. The number of para-hydroxylation sites is 3. The Kier molecular flexibility index (Phi) is 4.88. The van der Waals surface area contributed by atoms with Crippen molar-refractivity contribution >= 4 is 44.1 Å². The third kappa shape index (κ3) is 3.64. The molecule has 0 saturated carbocycles. The van der Waals surface area contributed by atoms with Crippen LogP contribution in [0.4, 0.5) is 10.8 Å². The number of rotatable bonds is 4. The molecule has 1 aromatic heterocycles. The third-order valence-corrected chi connectivity index (χ3v) is 6.03. The fourth-order valence-corrected chi connectivity index (χ4v) is 4.41. The molecule has 0 radical (unpaired) electrons. The molecule has 154 valence electrons. The van der Waals surface area contributed by atoms with Crippen LogP contribution in [-0.4, -0.2) is 29.4 Å². The second-order valence-electron chi connectivity index (χ2n) is 7.11. The third-order valence-electron chi connectivity index (χ3n) is 5.01. The van der Waals surface area contributed by atoms with Crippen molar-refractivity contribution in [1.29, 1.82) is 0 Å². The molecule has 6 nitrogen and oxygen atoms in total. The molecular formula is C24H18N2O4S. The van der Waals surface area contributed by atoms with Crippen LogP contribution < -0.4 is 14.4 Å². The highest BCUT2D eigenvalue weighted by molar-refractivity contribution is 7.22. The van der Waals surface area contributed by atoms with E-state index in [0.29, 0.717) is 27.9 Å². The van der Waals surface area contributed by atoms with Gasteiger partial charge in [0.15, 0.2) is 22.4 Å². The molecule has 1 aliphatic rings. The molecule has 0 spiro atoms. The lowest BCUT2D eigenvalue weighted by atomic mass is 10.1. The van der Waals surface area contributed by atoms with Crippen LogP contribution in [0.2, 0.25) is 0 Å². The summed E-state index contributed by atoms with van der Waals surface area (Å²) in [6.07, 6.45) is -0.825. The number of anilines is 2. The lowest BCUT2D eigenvalue weighted by Gasteiger charge is -2.29. The molecular weight excluding hydrogens is 412 g/mol. The lowest BCUT2D eigenvalue weighted by molar-refractivity contribution is -0.126. The number of carbonyl (C=O) groups excluding carboxylic acids is 2. The predicted octanol–water partition coefficient (Wildman–Crippen LogP) is 5.00. The van der Waals surface area contributed by atoms with Gasteiger partial charge in [-0.15, -0.1) is 0 Å². The van der Waals surface area contributed by atoms with Gasteiger partial charge in [0.1, 0.15) is 6.61 Å². The number of Topliss-reactive ketones (excluding diaryl/α,β-unsaturated/α-hetero) is 1.